The highest BCUT2D eigenvalue weighted by molar-refractivity contribution is 6.05. The van der Waals surface area contributed by atoms with Gasteiger partial charge in [0.1, 0.15) is 22.7 Å². The molecule has 39 heavy (non-hydrogen) atoms. The molecule has 1 fully saturated rings. The van der Waals surface area contributed by atoms with E-state index in [0.717, 1.165) is 22.3 Å². The second kappa shape index (κ2) is 10.4. The van der Waals surface area contributed by atoms with Crippen LogP contribution in [0.25, 0.3) is 0 Å². The number of aromatic hydroxyl groups is 2. The zero-order valence-electron chi connectivity index (χ0n) is 22.1. The number of carbonyl (C=O) groups excluding carboxylic acids is 2. The minimum Gasteiger partial charge on any atom is -0.508 e. The molecule has 0 aromatic heterocycles. The van der Waals surface area contributed by atoms with Gasteiger partial charge in [-0.15, -0.1) is 0 Å². The third kappa shape index (κ3) is 4.38. The number of hydrogen-bond donors (Lipinski definition) is 2. The number of phenols is 2. The Kier molecular flexibility index (Phi) is 7.00. The monoisotopic (exact) mass is 520 g/mol. The third-order valence-corrected chi connectivity index (χ3v) is 8.55. The van der Waals surface area contributed by atoms with Crippen LogP contribution in [0.5, 0.6) is 11.5 Å². The molecule has 0 aliphatic heterocycles. The van der Waals surface area contributed by atoms with Crippen LogP contribution >= 0.6 is 0 Å². The van der Waals surface area contributed by atoms with Crippen LogP contribution in [0.3, 0.4) is 0 Å². The lowest BCUT2D eigenvalue weighted by Gasteiger charge is -2.54. The molecule has 5 nitrogen and oxygen atoms in total. The van der Waals surface area contributed by atoms with Crippen molar-refractivity contribution in [3.8, 4) is 11.5 Å². The lowest BCUT2D eigenvalue weighted by Crippen LogP contribution is -2.56. The molecular weight excluding hydrogens is 488 g/mol. The fourth-order valence-corrected chi connectivity index (χ4v) is 6.76. The molecule has 1 aliphatic rings. The van der Waals surface area contributed by atoms with E-state index >= 15 is 0 Å². The minimum absolute atomic E-state index is 0.155. The lowest BCUT2D eigenvalue weighted by molar-refractivity contribution is -0.164. The SMILES string of the molecule is COC(=O)C1(C(C)=O)C(c2ccccc2)CC(c2ccc(O)cc2)(c2ccc(O)cc2)CC1c1ccccc1. The van der Waals surface area contributed by atoms with Crippen LogP contribution in [0, 0.1) is 5.41 Å². The van der Waals surface area contributed by atoms with Crippen LogP contribution in [0.15, 0.2) is 109 Å². The van der Waals surface area contributed by atoms with Gasteiger partial charge >= 0.3 is 5.97 Å². The number of ether oxygens (including phenoxy) is 1. The van der Waals surface area contributed by atoms with Gasteiger partial charge in [0, 0.05) is 17.3 Å². The van der Waals surface area contributed by atoms with Crippen LogP contribution in [0.4, 0.5) is 0 Å². The van der Waals surface area contributed by atoms with Gasteiger partial charge in [-0.2, -0.15) is 0 Å². The number of carbonyl (C=O) groups is 2. The van der Waals surface area contributed by atoms with Gasteiger partial charge in [0.05, 0.1) is 7.11 Å². The number of hydrogen-bond acceptors (Lipinski definition) is 5. The van der Waals surface area contributed by atoms with E-state index in [9.17, 15) is 19.8 Å². The number of esters is 1. The zero-order valence-corrected chi connectivity index (χ0v) is 22.1. The van der Waals surface area contributed by atoms with Gasteiger partial charge in [-0.1, -0.05) is 84.9 Å². The van der Waals surface area contributed by atoms with Crippen molar-refractivity contribution in [2.45, 2.75) is 37.0 Å². The standard InChI is InChI=1S/C34H32O5/c1-23(35)34(32(38)39-2)30(24-9-5-3-6-10-24)21-33(26-13-17-28(36)18-14-26,27-15-19-29(37)20-16-27)22-31(34)25-11-7-4-8-12-25/h3-20,30-31,36-37H,21-22H2,1-2H3. The van der Waals surface area contributed by atoms with Crippen molar-refractivity contribution in [2.24, 2.45) is 5.41 Å². The summed E-state index contributed by atoms with van der Waals surface area (Å²) < 4.78 is 5.44. The number of phenolic OH excluding ortho intramolecular Hbond substituents is 2. The molecule has 5 heteroatoms. The van der Waals surface area contributed by atoms with E-state index in [0.29, 0.717) is 12.8 Å². The summed E-state index contributed by atoms with van der Waals surface area (Å²) in [5, 5.41) is 20.3. The van der Waals surface area contributed by atoms with Crippen molar-refractivity contribution >= 4 is 11.8 Å². The number of benzene rings is 4. The first-order valence-corrected chi connectivity index (χ1v) is 13.1. The van der Waals surface area contributed by atoms with E-state index in [4.69, 9.17) is 4.74 Å². The van der Waals surface area contributed by atoms with Crippen molar-refractivity contribution in [1.29, 1.82) is 0 Å². The number of rotatable bonds is 6. The van der Waals surface area contributed by atoms with Crippen molar-refractivity contribution in [1.82, 2.24) is 0 Å². The highest BCUT2D eigenvalue weighted by Crippen LogP contribution is 2.63. The zero-order chi connectivity index (χ0) is 27.6. The molecule has 0 bridgehead atoms. The summed E-state index contributed by atoms with van der Waals surface area (Å²) in [5.41, 5.74) is 1.54. The largest absolute Gasteiger partial charge is 0.508 e. The second-order valence-electron chi connectivity index (χ2n) is 10.4. The molecular formula is C34H32O5. The molecule has 2 unspecified atom stereocenters. The Morgan fingerprint density at radius 3 is 1.38 bits per heavy atom. The summed E-state index contributed by atoms with van der Waals surface area (Å²) in [6.07, 6.45) is 0.870. The van der Waals surface area contributed by atoms with Gasteiger partial charge in [0.25, 0.3) is 0 Å². The Morgan fingerprint density at radius 2 is 1.05 bits per heavy atom. The van der Waals surface area contributed by atoms with Crippen molar-refractivity contribution < 1.29 is 24.5 Å². The molecule has 198 valence electrons. The maximum Gasteiger partial charge on any atom is 0.320 e. The highest BCUT2D eigenvalue weighted by atomic mass is 16.5. The van der Waals surface area contributed by atoms with Gasteiger partial charge in [0.15, 0.2) is 0 Å². The third-order valence-electron chi connectivity index (χ3n) is 8.55. The quantitative estimate of drug-likeness (QED) is 0.224. The summed E-state index contributed by atoms with van der Waals surface area (Å²) >= 11 is 0. The molecule has 2 atom stereocenters. The van der Waals surface area contributed by atoms with Crippen LogP contribution in [-0.4, -0.2) is 29.1 Å². The number of ketones is 1. The molecule has 0 radical (unpaired) electrons. The minimum atomic E-state index is -1.46. The summed E-state index contributed by atoms with van der Waals surface area (Å²) in [4.78, 5) is 27.9. The van der Waals surface area contributed by atoms with E-state index in [1.54, 1.807) is 24.3 Å². The smallest absolute Gasteiger partial charge is 0.320 e. The molecule has 4 aromatic rings. The molecule has 1 saturated carbocycles. The first kappa shape index (κ1) is 26.2. The Bertz CT molecular complexity index is 1350. The van der Waals surface area contributed by atoms with E-state index < -0.39 is 28.6 Å². The van der Waals surface area contributed by atoms with Crippen molar-refractivity contribution in [2.75, 3.05) is 7.11 Å². The molecule has 4 aromatic carbocycles. The maximum absolute atomic E-state index is 14.0. The van der Waals surface area contributed by atoms with Crippen LogP contribution in [-0.2, 0) is 19.7 Å². The molecule has 0 amide bonds. The number of methoxy groups -OCH3 is 1. The predicted molar refractivity (Wildman–Crippen MR) is 150 cm³/mol. The molecule has 1 aliphatic carbocycles. The average molecular weight is 521 g/mol. The highest BCUT2D eigenvalue weighted by Gasteiger charge is 2.63. The van der Waals surface area contributed by atoms with E-state index in [1.165, 1.54) is 14.0 Å². The first-order chi connectivity index (χ1) is 18.8. The Balaban J connectivity index is 1.87. The molecule has 5 rings (SSSR count). The average Bonchev–Trinajstić information content (AvgIpc) is 2.97. The maximum atomic E-state index is 14.0. The molecule has 0 spiro atoms. The molecule has 0 heterocycles. The summed E-state index contributed by atoms with van der Waals surface area (Å²) in [7, 11) is 1.35. The summed E-state index contributed by atoms with van der Waals surface area (Å²) in [6.45, 7) is 1.50. The fourth-order valence-electron chi connectivity index (χ4n) is 6.76. The van der Waals surface area contributed by atoms with Crippen LogP contribution in [0.2, 0.25) is 0 Å². The molecule has 2 N–H and O–H groups in total. The Hall–Kier alpha value is -4.38. The van der Waals surface area contributed by atoms with E-state index in [1.807, 2.05) is 84.9 Å². The summed E-state index contributed by atoms with van der Waals surface area (Å²) in [5.74, 6) is -1.51. The number of Topliss-reactive ketones (excluding diaryl/α,β-unsaturated/α-hetero) is 1. The van der Waals surface area contributed by atoms with Gasteiger partial charge in [0.2, 0.25) is 0 Å². The van der Waals surface area contributed by atoms with Crippen LogP contribution in [0.1, 0.15) is 53.9 Å². The Labute approximate surface area is 228 Å². The lowest BCUT2D eigenvalue weighted by atomic mass is 9.46. The van der Waals surface area contributed by atoms with Gasteiger partial charge in [-0.25, -0.2) is 0 Å². The van der Waals surface area contributed by atoms with E-state index in [-0.39, 0.29) is 17.3 Å². The Morgan fingerprint density at radius 1 is 0.667 bits per heavy atom. The van der Waals surface area contributed by atoms with Crippen molar-refractivity contribution in [3.05, 3.63) is 131 Å². The second-order valence-corrected chi connectivity index (χ2v) is 10.4. The summed E-state index contributed by atoms with van der Waals surface area (Å²) in [6, 6.07) is 33.7. The van der Waals surface area contributed by atoms with Crippen molar-refractivity contribution in [3.63, 3.8) is 0 Å². The topological polar surface area (TPSA) is 83.8 Å². The van der Waals surface area contributed by atoms with Gasteiger partial charge in [-0.05, 0) is 66.3 Å². The first-order valence-electron chi connectivity index (χ1n) is 13.1. The normalized spacial score (nSPS) is 22.1. The van der Waals surface area contributed by atoms with Crippen LogP contribution < -0.4 is 0 Å². The predicted octanol–water partition coefficient (Wildman–Crippen LogP) is 6.49. The fraction of sp³-hybridized carbons (Fsp3) is 0.235. The molecule has 0 saturated heterocycles. The van der Waals surface area contributed by atoms with Gasteiger partial charge in [-0.3, -0.25) is 9.59 Å². The van der Waals surface area contributed by atoms with Gasteiger partial charge < -0.3 is 14.9 Å². The van der Waals surface area contributed by atoms with E-state index in [2.05, 4.69) is 0 Å².